The molecule has 1 atom stereocenters. The Bertz CT molecular complexity index is 250. The van der Waals surface area contributed by atoms with Gasteiger partial charge in [-0.2, -0.15) is 5.10 Å². The molecule has 1 unspecified atom stereocenters. The van der Waals surface area contributed by atoms with Crippen LogP contribution in [0.25, 0.3) is 0 Å². The minimum absolute atomic E-state index is 0.316. The van der Waals surface area contributed by atoms with E-state index in [-0.39, 0.29) is 0 Å². The zero-order chi connectivity index (χ0) is 9.14. The molecule has 1 heterocycles. The Labute approximate surface area is 73.0 Å². The van der Waals surface area contributed by atoms with Crippen LogP contribution in [0.5, 0.6) is 0 Å². The lowest BCUT2D eigenvalue weighted by atomic mass is 10.2. The molecule has 0 saturated heterocycles. The molecule has 1 aromatic heterocycles. The van der Waals surface area contributed by atoms with Crippen molar-refractivity contribution in [3.8, 4) is 0 Å². The second-order valence-electron chi connectivity index (χ2n) is 2.89. The van der Waals surface area contributed by atoms with E-state index in [1.165, 1.54) is 0 Å². The largest absolute Gasteiger partial charge is 0.310 e. The molecule has 0 aliphatic heterocycles. The topological polar surface area (TPSA) is 42.7 Å². The number of aromatic nitrogens is 3. The Kier molecular flexibility index (Phi) is 2.81. The van der Waals surface area contributed by atoms with Gasteiger partial charge in [0.05, 0.1) is 6.04 Å². The van der Waals surface area contributed by atoms with Crippen LogP contribution in [-0.2, 0) is 7.05 Å². The van der Waals surface area contributed by atoms with Crippen molar-refractivity contribution in [3.05, 3.63) is 11.6 Å². The summed E-state index contributed by atoms with van der Waals surface area (Å²) in [5, 5.41) is 7.39. The molecule has 68 valence electrons. The first-order valence-electron chi connectivity index (χ1n) is 4.23. The highest BCUT2D eigenvalue weighted by atomic mass is 15.3. The van der Waals surface area contributed by atoms with Gasteiger partial charge in [-0.05, 0) is 20.4 Å². The van der Waals surface area contributed by atoms with E-state index in [1.54, 1.807) is 0 Å². The summed E-state index contributed by atoms with van der Waals surface area (Å²) in [7, 11) is 3.87. The molecule has 0 saturated carbocycles. The van der Waals surface area contributed by atoms with Gasteiger partial charge in [-0.3, -0.25) is 4.68 Å². The van der Waals surface area contributed by atoms with E-state index in [4.69, 9.17) is 0 Å². The fraction of sp³-hybridized carbons (Fsp3) is 0.750. The van der Waals surface area contributed by atoms with E-state index < -0.39 is 0 Å². The first kappa shape index (κ1) is 9.19. The zero-order valence-corrected chi connectivity index (χ0v) is 8.13. The summed E-state index contributed by atoms with van der Waals surface area (Å²) in [4.78, 5) is 4.34. The summed E-state index contributed by atoms with van der Waals surface area (Å²) in [6, 6.07) is 0.316. The van der Waals surface area contributed by atoms with E-state index in [9.17, 15) is 0 Å². The maximum Gasteiger partial charge on any atom is 0.147 e. The molecule has 0 bridgehead atoms. The van der Waals surface area contributed by atoms with Crippen molar-refractivity contribution >= 4 is 0 Å². The van der Waals surface area contributed by atoms with Crippen molar-refractivity contribution in [1.29, 1.82) is 0 Å². The third-order valence-corrected chi connectivity index (χ3v) is 1.97. The van der Waals surface area contributed by atoms with Crippen LogP contribution in [0.15, 0.2) is 0 Å². The Balaban J connectivity index is 2.91. The lowest BCUT2D eigenvalue weighted by molar-refractivity contribution is 0.513. The molecule has 0 fully saturated rings. The van der Waals surface area contributed by atoms with Gasteiger partial charge in [-0.15, -0.1) is 0 Å². The first-order valence-corrected chi connectivity index (χ1v) is 4.23. The average Bonchev–Trinajstić information content (AvgIpc) is 2.34. The quantitative estimate of drug-likeness (QED) is 0.725. The van der Waals surface area contributed by atoms with E-state index in [2.05, 4.69) is 22.3 Å². The predicted molar refractivity (Wildman–Crippen MR) is 47.8 cm³/mol. The van der Waals surface area contributed by atoms with Crippen LogP contribution in [-0.4, -0.2) is 21.8 Å². The standard InChI is InChI=1S/C8H16N4/c1-5-7(9-3)8-10-6(2)11-12(8)4/h7,9H,5H2,1-4H3. The van der Waals surface area contributed by atoms with Crippen molar-refractivity contribution in [2.45, 2.75) is 26.3 Å². The second kappa shape index (κ2) is 3.67. The van der Waals surface area contributed by atoms with Gasteiger partial charge in [0, 0.05) is 7.05 Å². The fourth-order valence-electron chi connectivity index (χ4n) is 1.35. The van der Waals surface area contributed by atoms with Crippen molar-refractivity contribution in [3.63, 3.8) is 0 Å². The normalized spacial score (nSPS) is 13.3. The van der Waals surface area contributed by atoms with Crippen LogP contribution in [0.1, 0.15) is 31.0 Å². The molecule has 0 amide bonds. The van der Waals surface area contributed by atoms with Crippen LogP contribution < -0.4 is 5.32 Å². The van der Waals surface area contributed by atoms with E-state index >= 15 is 0 Å². The number of nitrogens with zero attached hydrogens (tertiary/aromatic N) is 3. The number of hydrogen-bond donors (Lipinski definition) is 1. The maximum atomic E-state index is 4.34. The maximum absolute atomic E-state index is 4.34. The summed E-state index contributed by atoms with van der Waals surface area (Å²) >= 11 is 0. The van der Waals surface area contributed by atoms with Crippen molar-refractivity contribution < 1.29 is 0 Å². The lowest BCUT2D eigenvalue weighted by Crippen LogP contribution is -2.19. The van der Waals surface area contributed by atoms with Crippen LogP contribution in [0, 0.1) is 6.92 Å². The number of nitrogens with one attached hydrogen (secondary N) is 1. The fourth-order valence-corrected chi connectivity index (χ4v) is 1.35. The Hall–Kier alpha value is -0.900. The first-order chi connectivity index (χ1) is 5.69. The van der Waals surface area contributed by atoms with Gasteiger partial charge in [-0.25, -0.2) is 4.98 Å². The molecule has 0 aliphatic rings. The summed E-state index contributed by atoms with van der Waals surface area (Å²) in [5.74, 6) is 1.85. The molecule has 1 N–H and O–H groups in total. The third-order valence-electron chi connectivity index (χ3n) is 1.97. The SMILES string of the molecule is CCC(NC)c1nc(C)nn1C. The molecule has 4 nitrogen and oxygen atoms in total. The molecular weight excluding hydrogens is 152 g/mol. The number of hydrogen-bond acceptors (Lipinski definition) is 3. The van der Waals surface area contributed by atoms with Gasteiger partial charge in [-0.1, -0.05) is 6.92 Å². The molecule has 1 aromatic rings. The van der Waals surface area contributed by atoms with Gasteiger partial charge in [0.2, 0.25) is 0 Å². The summed E-state index contributed by atoms with van der Waals surface area (Å²) in [5.41, 5.74) is 0. The second-order valence-corrected chi connectivity index (χ2v) is 2.89. The zero-order valence-electron chi connectivity index (χ0n) is 8.13. The van der Waals surface area contributed by atoms with E-state index in [0.717, 1.165) is 18.1 Å². The molecule has 0 spiro atoms. The molecule has 0 aliphatic carbocycles. The molecular formula is C8H16N4. The minimum atomic E-state index is 0.316. The van der Waals surface area contributed by atoms with Crippen LogP contribution in [0.2, 0.25) is 0 Å². The lowest BCUT2D eigenvalue weighted by Gasteiger charge is -2.11. The van der Waals surface area contributed by atoms with Crippen molar-refractivity contribution in [2.24, 2.45) is 7.05 Å². The van der Waals surface area contributed by atoms with Gasteiger partial charge >= 0.3 is 0 Å². The highest BCUT2D eigenvalue weighted by molar-refractivity contribution is 4.96. The van der Waals surface area contributed by atoms with E-state index in [0.29, 0.717) is 6.04 Å². The number of aryl methyl sites for hydroxylation is 2. The average molecular weight is 168 g/mol. The Morgan fingerprint density at radius 2 is 2.25 bits per heavy atom. The smallest absolute Gasteiger partial charge is 0.147 e. The third kappa shape index (κ3) is 1.64. The van der Waals surface area contributed by atoms with E-state index in [1.807, 2.05) is 25.7 Å². The highest BCUT2D eigenvalue weighted by Crippen LogP contribution is 2.12. The minimum Gasteiger partial charge on any atom is -0.310 e. The monoisotopic (exact) mass is 168 g/mol. The van der Waals surface area contributed by atoms with Gasteiger partial charge in [0.1, 0.15) is 11.6 Å². The molecule has 0 radical (unpaired) electrons. The summed E-state index contributed by atoms with van der Waals surface area (Å²) in [6.07, 6.45) is 1.03. The summed E-state index contributed by atoms with van der Waals surface area (Å²) < 4.78 is 1.83. The molecule has 4 heteroatoms. The van der Waals surface area contributed by atoms with Crippen LogP contribution >= 0.6 is 0 Å². The molecule has 0 aromatic carbocycles. The summed E-state index contributed by atoms with van der Waals surface area (Å²) in [6.45, 7) is 4.04. The van der Waals surface area contributed by atoms with Crippen LogP contribution in [0.3, 0.4) is 0 Å². The Morgan fingerprint density at radius 1 is 1.58 bits per heavy atom. The molecule has 12 heavy (non-hydrogen) atoms. The van der Waals surface area contributed by atoms with Crippen LogP contribution in [0.4, 0.5) is 0 Å². The van der Waals surface area contributed by atoms with Gasteiger partial charge < -0.3 is 5.32 Å². The molecule has 1 rings (SSSR count). The predicted octanol–water partition coefficient (Wildman–Crippen LogP) is 0.794. The van der Waals surface area contributed by atoms with Crippen molar-refractivity contribution in [2.75, 3.05) is 7.05 Å². The highest BCUT2D eigenvalue weighted by Gasteiger charge is 2.12. The van der Waals surface area contributed by atoms with Crippen molar-refractivity contribution in [1.82, 2.24) is 20.1 Å². The van der Waals surface area contributed by atoms with Gasteiger partial charge in [0.25, 0.3) is 0 Å². The van der Waals surface area contributed by atoms with Gasteiger partial charge in [0.15, 0.2) is 0 Å². The Morgan fingerprint density at radius 3 is 2.58 bits per heavy atom. The number of rotatable bonds is 3.